The van der Waals surface area contributed by atoms with Crippen molar-refractivity contribution in [3.63, 3.8) is 0 Å². The molecule has 0 spiro atoms. The van der Waals surface area contributed by atoms with E-state index in [0.717, 1.165) is 0 Å². The lowest BCUT2D eigenvalue weighted by Gasteiger charge is -2.05. The van der Waals surface area contributed by atoms with E-state index in [9.17, 15) is 9.59 Å². The van der Waals surface area contributed by atoms with E-state index >= 15 is 0 Å². The largest absolute Gasteiger partial charge is 0.458 e. The van der Waals surface area contributed by atoms with Crippen LogP contribution >= 0.6 is 0 Å². The summed E-state index contributed by atoms with van der Waals surface area (Å²) in [6.45, 7) is 3.56. The zero-order chi connectivity index (χ0) is 11.7. The van der Waals surface area contributed by atoms with Crippen LogP contribution in [0.3, 0.4) is 0 Å². The monoisotopic (exact) mass is 220 g/mol. The zero-order valence-corrected chi connectivity index (χ0v) is 9.06. The molecule has 0 aliphatic heterocycles. The Hall–Kier alpha value is -2.04. The lowest BCUT2D eigenvalue weighted by Crippen LogP contribution is -2.11. The lowest BCUT2D eigenvalue weighted by molar-refractivity contribution is 0.0371. The third kappa shape index (κ3) is 1.98. The number of aromatic amines is 1. The van der Waals surface area contributed by atoms with Gasteiger partial charge in [-0.05, 0) is 13.8 Å². The van der Waals surface area contributed by atoms with Gasteiger partial charge in [0.2, 0.25) is 0 Å². The Morgan fingerprint density at radius 3 is 2.94 bits per heavy atom. The van der Waals surface area contributed by atoms with Gasteiger partial charge in [0, 0.05) is 24.5 Å². The van der Waals surface area contributed by atoms with Crippen molar-refractivity contribution < 1.29 is 9.53 Å². The molecular formula is C11H12N2O3. The van der Waals surface area contributed by atoms with Crippen molar-refractivity contribution >= 4 is 11.6 Å². The predicted octanol–water partition coefficient (Wildman–Crippen LogP) is 1.19. The third-order valence-corrected chi connectivity index (χ3v) is 2.05. The number of imidazole rings is 1. The van der Waals surface area contributed by atoms with Gasteiger partial charge >= 0.3 is 5.97 Å². The van der Waals surface area contributed by atoms with E-state index in [4.69, 9.17) is 4.74 Å². The Kier molecular flexibility index (Phi) is 2.52. The number of ether oxygens (including phenoxy) is 1. The Labute approximate surface area is 91.7 Å². The van der Waals surface area contributed by atoms with Crippen LogP contribution in [0.2, 0.25) is 0 Å². The molecule has 5 heteroatoms. The first-order valence-electron chi connectivity index (χ1n) is 4.98. The molecule has 1 N–H and O–H groups in total. The SMILES string of the molecule is CC(C)OC(=O)c1cn2ccc(=O)cc2[nH]1. The van der Waals surface area contributed by atoms with E-state index in [2.05, 4.69) is 4.98 Å². The average molecular weight is 220 g/mol. The molecule has 0 bridgehead atoms. The van der Waals surface area contributed by atoms with Crippen LogP contribution in [0.4, 0.5) is 0 Å². The van der Waals surface area contributed by atoms with Crippen molar-refractivity contribution in [3.05, 3.63) is 40.4 Å². The zero-order valence-electron chi connectivity index (χ0n) is 9.06. The molecule has 0 aromatic carbocycles. The van der Waals surface area contributed by atoms with Gasteiger partial charge in [-0.3, -0.25) is 4.79 Å². The van der Waals surface area contributed by atoms with Gasteiger partial charge < -0.3 is 14.1 Å². The highest BCUT2D eigenvalue weighted by molar-refractivity contribution is 5.88. The fourth-order valence-electron chi connectivity index (χ4n) is 1.40. The number of nitrogens with zero attached hydrogens (tertiary/aromatic N) is 1. The van der Waals surface area contributed by atoms with Gasteiger partial charge in [0.25, 0.3) is 0 Å². The van der Waals surface area contributed by atoms with E-state index in [0.29, 0.717) is 11.3 Å². The normalized spacial score (nSPS) is 10.9. The second-order valence-corrected chi connectivity index (χ2v) is 3.78. The maximum absolute atomic E-state index is 11.6. The highest BCUT2D eigenvalue weighted by atomic mass is 16.5. The molecule has 16 heavy (non-hydrogen) atoms. The number of aromatic nitrogens is 2. The smallest absolute Gasteiger partial charge is 0.356 e. The third-order valence-electron chi connectivity index (χ3n) is 2.05. The van der Waals surface area contributed by atoms with Gasteiger partial charge in [0.1, 0.15) is 11.3 Å². The molecule has 2 aromatic heterocycles. The molecule has 0 saturated heterocycles. The number of rotatable bonds is 2. The fourth-order valence-corrected chi connectivity index (χ4v) is 1.40. The lowest BCUT2D eigenvalue weighted by atomic mass is 10.4. The van der Waals surface area contributed by atoms with E-state index in [1.807, 2.05) is 0 Å². The maximum Gasteiger partial charge on any atom is 0.356 e. The van der Waals surface area contributed by atoms with Gasteiger partial charge in [-0.15, -0.1) is 0 Å². The summed E-state index contributed by atoms with van der Waals surface area (Å²) in [5.74, 6) is -0.425. The Bertz CT molecular complexity index is 580. The molecule has 2 rings (SSSR count). The van der Waals surface area contributed by atoms with Crippen LogP contribution in [0.25, 0.3) is 5.65 Å². The van der Waals surface area contributed by atoms with Crippen molar-refractivity contribution in [1.82, 2.24) is 9.38 Å². The molecule has 84 valence electrons. The Balaban J connectivity index is 2.39. The number of pyridine rings is 1. The molecule has 0 unspecified atom stereocenters. The van der Waals surface area contributed by atoms with Gasteiger partial charge in [-0.2, -0.15) is 0 Å². The van der Waals surface area contributed by atoms with Crippen LogP contribution in [-0.2, 0) is 4.74 Å². The summed E-state index contributed by atoms with van der Waals surface area (Å²) >= 11 is 0. The molecule has 0 aliphatic carbocycles. The summed E-state index contributed by atoms with van der Waals surface area (Å²) < 4.78 is 6.70. The molecule has 0 fully saturated rings. The minimum atomic E-state index is -0.425. The first-order chi connectivity index (χ1) is 7.56. The van der Waals surface area contributed by atoms with E-state index in [1.165, 1.54) is 12.1 Å². The van der Waals surface area contributed by atoms with E-state index in [-0.39, 0.29) is 11.5 Å². The second kappa shape index (κ2) is 3.84. The number of nitrogens with one attached hydrogen (secondary N) is 1. The van der Waals surface area contributed by atoms with E-state index in [1.54, 1.807) is 30.6 Å². The molecule has 0 amide bonds. The molecule has 0 saturated carbocycles. The number of carbonyl (C=O) groups excluding carboxylic acids is 1. The minimum Gasteiger partial charge on any atom is -0.458 e. The van der Waals surface area contributed by atoms with Crippen molar-refractivity contribution in [2.45, 2.75) is 20.0 Å². The topological polar surface area (TPSA) is 63.6 Å². The van der Waals surface area contributed by atoms with Crippen LogP contribution in [0.15, 0.2) is 29.3 Å². The molecule has 2 aromatic rings. The van der Waals surface area contributed by atoms with E-state index < -0.39 is 5.97 Å². The van der Waals surface area contributed by atoms with Crippen LogP contribution in [0.1, 0.15) is 24.3 Å². The number of hydrogen-bond donors (Lipinski definition) is 1. The van der Waals surface area contributed by atoms with Crippen LogP contribution < -0.4 is 5.43 Å². The molecule has 0 radical (unpaired) electrons. The number of carbonyl (C=O) groups is 1. The predicted molar refractivity (Wildman–Crippen MR) is 58.6 cm³/mol. The van der Waals surface area contributed by atoms with Crippen molar-refractivity contribution in [3.8, 4) is 0 Å². The second-order valence-electron chi connectivity index (χ2n) is 3.78. The first kappa shape index (κ1) is 10.5. The van der Waals surface area contributed by atoms with Crippen LogP contribution in [0, 0.1) is 0 Å². The summed E-state index contributed by atoms with van der Waals surface area (Å²) in [7, 11) is 0. The summed E-state index contributed by atoms with van der Waals surface area (Å²) in [5.41, 5.74) is 0.799. The van der Waals surface area contributed by atoms with Gasteiger partial charge in [-0.1, -0.05) is 0 Å². The summed E-state index contributed by atoms with van der Waals surface area (Å²) in [6, 6.07) is 2.85. The summed E-state index contributed by atoms with van der Waals surface area (Å²) in [6.07, 6.45) is 3.03. The summed E-state index contributed by atoms with van der Waals surface area (Å²) in [4.78, 5) is 25.5. The minimum absolute atomic E-state index is 0.106. The standard InChI is InChI=1S/C11H12N2O3/c1-7(2)16-11(15)9-6-13-4-3-8(14)5-10(13)12-9/h3-7,12H,1-2H3. The van der Waals surface area contributed by atoms with Gasteiger partial charge in [0.15, 0.2) is 5.43 Å². The van der Waals surface area contributed by atoms with Crippen LogP contribution in [0.5, 0.6) is 0 Å². The quantitative estimate of drug-likeness (QED) is 0.773. The highest BCUT2D eigenvalue weighted by Crippen LogP contribution is 2.05. The van der Waals surface area contributed by atoms with Gasteiger partial charge in [-0.25, -0.2) is 4.79 Å². The van der Waals surface area contributed by atoms with Crippen LogP contribution in [-0.4, -0.2) is 21.5 Å². The van der Waals surface area contributed by atoms with Gasteiger partial charge in [0.05, 0.1) is 6.10 Å². The number of H-pyrrole nitrogens is 1. The summed E-state index contributed by atoms with van der Waals surface area (Å²) in [5, 5.41) is 0. The van der Waals surface area contributed by atoms with Crippen molar-refractivity contribution in [2.24, 2.45) is 0 Å². The molecule has 2 heterocycles. The maximum atomic E-state index is 11.6. The van der Waals surface area contributed by atoms with Crippen molar-refractivity contribution in [2.75, 3.05) is 0 Å². The molecular weight excluding hydrogens is 208 g/mol. The molecule has 0 aliphatic rings. The number of esters is 1. The van der Waals surface area contributed by atoms with Crippen molar-refractivity contribution in [1.29, 1.82) is 0 Å². The fraction of sp³-hybridized carbons (Fsp3) is 0.273. The average Bonchev–Trinajstić information content (AvgIpc) is 2.59. The number of fused-ring (bicyclic) bond motifs is 1. The first-order valence-corrected chi connectivity index (χ1v) is 4.98. The highest BCUT2D eigenvalue weighted by Gasteiger charge is 2.11. The molecule has 0 atom stereocenters. The Morgan fingerprint density at radius 2 is 2.25 bits per heavy atom. The number of hydrogen-bond acceptors (Lipinski definition) is 3. The molecule has 5 nitrogen and oxygen atoms in total. The Morgan fingerprint density at radius 1 is 1.50 bits per heavy atom.